The third kappa shape index (κ3) is 3.66. The van der Waals surface area contributed by atoms with Crippen LogP contribution in [0.4, 0.5) is 5.82 Å². The van der Waals surface area contributed by atoms with Crippen LogP contribution in [0.3, 0.4) is 0 Å². The minimum Gasteiger partial charge on any atom is -0.508 e. The van der Waals surface area contributed by atoms with Gasteiger partial charge in [0.15, 0.2) is 5.78 Å². The minimum absolute atomic E-state index is 0.0555. The summed E-state index contributed by atoms with van der Waals surface area (Å²) in [6.45, 7) is 3.91. The number of nitrogens with one attached hydrogen (secondary N) is 2. The van der Waals surface area contributed by atoms with Gasteiger partial charge in [0.25, 0.3) is 5.91 Å². The highest BCUT2D eigenvalue weighted by Crippen LogP contribution is 2.43. The summed E-state index contributed by atoms with van der Waals surface area (Å²) in [6, 6.07) is 12.0. The van der Waals surface area contributed by atoms with Gasteiger partial charge in [0.2, 0.25) is 0 Å². The average molecular weight is 389 g/mol. The van der Waals surface area contributed by atoms with Crippen molar-refractivity contribution in [3.8, 4) is 5.75 Å². The molecule has 0 fully saturated rings. The van der Waals surface area contributed by atoms with Crippen LogP contribution in [0, 0.1) is 5.92 Å². The molecule has 1 aliphatic carbocycles. The second-order valence-corrected chi connectivity index (χ2v) is 7.69. The zero-order valence-corrected chi connectivity index (χ0v) is 16.4. The summed E-state index contributed by atoms with van der Waals surface area (Å²) in [5, 5.41) is 15.9. The first kappa shape index (κ1) is 18.9. The summed E-state index contributed by atoms with van der Waals surface area (Å²) in [6.07, 6.45) is 2.84. The number of hydrogen-bond acceptors (Lipinski definition) is 5. The Balaban J connectivity index is 1.80. The number of anilines is 1. The van der Waals surface area contributed by atoms with E-state index in [9.17, 15) is 14.7 Å². The summed E-state index contributed by atoms with van der Waals surface area (Å²) in [5.41, 5.74) is 3.54. The van der Waals surface area contributed by atoms with Crippen LogP contribution >= 0.6 is 0 Å². The highest BCUT2D eigenvalue weighted by atomic mass is 16.3. The number of amides is 1. The SMILES string of the molecule is CC1=C(C(=O)Nc2ccccn2)[C@@H](c2ccc(O)cc2)C2=C(C[C@H](C)CC2=O)N1. The zero-order chi connectivity index (χ0) is 20.5. The molecule has 1 amide bonds. The summed E-state index contributed by atoms with van der Waals surface area (Å²) >= 11 is 0. The third-order valence-electron chi connectivity index (χ3n) is 5.41. The molecule has 0 saturated carbocycles. The molecule has 0 spiro atoms. The molecule has 2 aromatic rings. The summed E-state index contributed by atoms with van der Waals surface area (Å²) < 4.78 is 0. The van der Waals surface area contributed by atoms with E-state index >= 15 is 0 Å². The van der Waals surface area contributed by atoms with Crippen LogP contribution in [0.2, 0.25) is 0 Å². The normalized spacial score (nSPS) is 21.5. The van der Waals surface area contributed by atoms with Gasteiger partial charge in [-0.05, 0) is 49.1 Å². The number of phenols is 1. The van der Waals surface area contributed by atoms with Crippen molar-refractivity contribution in [2.75, 3.05) is 5.32 Å². The van der Waals surface area contributed by atoms with Crippen molar-refractivity contribution >= 4 is 17.5 Å². The van der Waals surface area contributed by atoms with Crippen LogP contribution in [0.5, 0.6) is 5.75 Å². The quantitative estimate of drug-likeness (QED) is 0.746. The fourth-order valence-corrected chi connectivity index (χ4v) is 4.16. The number of aromatic nitrogens is 1. The molecule has 0 unspecified atom stereocenters. The molecule has 2 aliphatic rings. The predicted octanol–water partition coefficient (Wildman–Crippen LogP) is 3.64. The molecule has 1 aliphatic heterocycles. The third-order valence-corrected chi connectivity index (χ3v) is 5.41. The molecule has 1 aromatic heterocycles. The first-order valence-corrected chi connectivity index (χ1v) is 9.69. The standard InChI is InChI=1S/C23H23N3O3/c1-13-11-17-22(18(28)12-13)21(15-6-8-16(27)9-7-15)20(14(2)25-17)23(29)26-19-5-3-4-10-24-19/h3-10,13,21,25,27H,11-12H2,1-2H3,(H,24,26,29)/t13-,21+/m0/s1. The van der Waals surface area contributed by atoms with E-state index in [-0.39, 0.29) is 23.4 Å². The molecule has 0 bridgehead atoms. The number of allylic oxidation sites excluding steroid dienone is 3. The zero-order valence-electron chi connectivity index (χ0n) is 16.4. The number of benzene rings is 1. The van der Waals surface area contributed by atoms with Gasteiger partial charge in [-0.15, -0.1) is 0 Å². The minimum atomic E-state index is -0.490. The Bertz CT molecular complexity index is 1020. The van der Waals surface area contributed by atoms with Crippen molar-refractivity contribution in [3.05, 3.63) is 76.8 Å². The molecular formula is C23H23N3O3. The maximum atomic E-state index is 13.2. The number of phenolic OH excluding ortho intramolecular Hbond substituents is 1. The van der Waals surface area contributed by atoms with Crippen LogP contribution < -0.4 is 10.6 Å². The number of nitrogens with zero attached hydrogens (tertiary/aromatic N) is 1. The molecule has 0 saturated heterocycles. The number of aromatic hydroxyl groups is 1. The van der Waals surface area contributed by atoms with Crippen molar-refractivity contribution < 1.29 is 14.7 Å². The van der Waals surface area contributed by atoms with Gasteiger partial charge in [0.05, 0.1) is 0 Å². The highest BCUT2D eigenvalue weighted by molar-refractivity contribution is 6.09. The highest BCUT2D eigenvalue weighted by Gasteiger charge is 2.39. The smallest absolute Gasteiger partial charge is 0.255 e. The monoisotopic (exact) mass is 389 g/mol. The lowest BCUT2D eigenvalue weighted by Crippen LogP contribution is -2.37. The number of carbonyl (C=O) groups is 2. The Kier molecular flexibility index (Phi) is 4.92. The van der Waals surface area contributed by atoms with Crippen LogP contribution in [0.1, 0.15) is 38.2 Å². The van der Waals surface area contributed by atoms with E-state index in [1.165, 1.54) is 0 Å². The first-order valence-electron chi connectivity index (χ1n) is 9.69. The van der Waals surface area contributed by atoms with E-state index < -0.39 is 5.92 Å². The Morgan fingerprint density at radius 2 is 1.93 bits per heavy atom. The van der Waals surface area contributed by atoms with E-state index in [1.807, 2.05) is 6.92 Å². The lowest BCUT2D eigenvalue weighted by Gasteiger charge is -2.36. The Hall–Kier alpha value is -3.41. The number of carbonyl (C=O) groups excluding carboxylic acids is 2. The molecule has 2 heterocycles. The lowest BCUT2D eigenvalue weighted by molar-refractivity contribution is -0.117. The second-order valence-electron chi connectivity index (χ2n) is 7.69. The average Bonchev–Trinajstić information content (AvgIpc) is 2.68. The number of dihydropyridines is 1. The van der Waals surface area contributed by atoms with E-state index in [4.69, 9.17) is 0 Å². The van der Waals surface area contributed by atoms with Gasteiger partial charge in [-0.3, -0.25) is 9.59 Å². The van der Waals surface area contributed by atoms with E-state index in [1.54, 1.807) is 48.7 Å². The van der Waals surface area contributed by atoms with E-state index in [0.717, 1.165) is 23.4 Å². The van der Waals surface area contributed by atoms with Gasteiger partial charge in [0.1, 0.15) is 11.6 Å². The topological polar surface area (TPSA) is 91.3 Å². The number of ketones is 1. The lowest BCUT2D eigenvalue weighted by atomic mass is 9.73. The molecule has 148 valence electrons. The van der Waals surface area contributed by atoms with Gasteiger partial charge < -0.3 is 15.7 Å². The largest absolute Gasteiger partial charge is 0.508 e. The molecule has 6 heteroatoms. The molecule has 29 heavy (non-hydrogen) atoms. The van der Waals surface area contributed by atoms with Gasteiger partial charge in [-0.25, -0.2) is 4.98 Å². The Morgan fingerprint density at radius 3 is 2.62 bits per heavy atom. The Morgan fingerprint density at radius 1 is 1.17 bits per heavy atom. The summed E-state index contributed by atoms with van der Waals surface area (Å²) in [4.78, 5) is 30.4. The predicted molar refractivity (Wildman–Crippen MR) is 110 cm³/mol. The van der Waals surface area contributed by atoms with E-state index in [2.05, 4.69) is 22.5 Å². The maximum Gasteiger partial charge on any atom is 0.255 e. The fraction of sp³-hybridized carbons (Fsp3) is 0.261. The van der Waals surface area contributed by atoms with Crippen molar-refractivity contribution in [3.63, 3.8) is 0 Å². The first-order chi connectivity index (χ1) is 13.9. The van der Waals surface area contributed by atoms with Gasteiger partial charge in [-0.2, -0.15) is 0 Å². The number of Topliss-reactive ketones (excluding diaryl/α,β-unsaturated/α-hetero) is 1. The van der Waals surface area contributed by atoms with Gasteiger partial charge in [0, 0.05) is 41.1 Å². The molecule has 4 rings (SSSR count). The summed E-state index contributed by atoms with van der Waals surface area (Å²) in [7, 11) is 0. The van der Waals surface area contributed by atoms with Gasteiger partial charge in [-0.1, -0.05) is 25.1 Å². The summed E-state index contributed by atoms with van der Waals surface area (Å²) in [5.74, 6) is 0.109. The van der Waals surface area contributed by atoms with Crippen LogP contribution in [0.25, 0.3) is 0 Å². The molecular weight excluding hydrogens is 366 g/mol. The molecule has 2 atom stereocenters. The van der Waals surface area contributed by atoms with E-state index in [0.29, 0.717) is 23.4 Å². The maximum absolute atomic E-state index is 13.2. The van der Waals surface area contributed by atoms with Gasteiger partial charge >= 0.3 is 0 Å². The number of pyridine rings is 1. The molecule has 1 aromatic carbocycles. The van der Waals surface area contributed by atoms with Crippen molar-refractivity contribution in [1.29, 1.82) is 0 Å². The molecule has 0 radical (unpaired) electrons. The van der Waals surface area contributed by atoms with Crippen LogP contribution in [-0.4, -0.2) is 21.8 Å². The van der Waals surface area contributed by atoms with Crippen molar-refractivity contribution in [2.24, 2.45) is 5.92 Å². The molecule has 3 N–H and O–H groups in total. The van der Waals surface area contributed by atoms with Crippen LogP contribution in [-0.2, 0) is 9.59 Å². The van der Waals surface area contributed by atoms with Crippen molar-refractivity contribution in [1.82, 2.24) is 10.3 Å². The van der Waals surface area contributed by atoms with Crippen molar-refractivity contribution in [2.45, 2.75) is 32.6 Å². The fourth-order valence-electron chi connectivity index (χ4n) is 4.16. The molecule has 6 nitrogen and oxygen atoms in total. The number of hydrogen-bond donors (Lipinski definition) is 3. The Labute approximate surface area is 169 Å². The second kappa shape index (κ2) is 7.54. The number of rotatable bonds is 3. The van der Waals surface area contributed by atoms with Crippen LogP contribution in [0.15, 0.2) is 71.2 Å².